The van der Waals surface area contributed by atoms with E-state index in [9.17, 15) is 22.8 Å². The zero-order chi connectivity index (χ0) is 15.3. The molecular formula is C12H13F3N2O3. The van der Waals surface area contributed by atoms with E-state index < -0.39 is 30.2 Å². The molecule has 1 heterocycles. The molecule has 0 aliphatic heterocycles. The first-order valence-electron chi connectivity index (χ1n) is 5.80. The minimum Gasteiger partial charge on any atom is -0.480 e. The molecule has 8 heteroatoms. The van der Waals surface area contributed by atoms with Crippen LogP contribution in [0.5, 0.6) is 0 Å². The monoisotopic (exact) mass is 290 g/mol. The fourth-order valence-electron chi connectivity index (χ4n) is 1.54. The lowest BCUT2D eigenvalue weighted by molar-refractivity contribution is -0.138. The maximum atomic E-state index is 12.4. The molecule has 0 aliphatic rings. The summed E-state index contributed by atoms with van der Waals surface area (Å²) in [5.74, 6) is -1.90. The number of pyridine rings is 1. The molecule has 0 radical (unpaired) electrons. The van der Waals surface area contributed by atoms with E-state index >= 15 is 0 Å². The van der Waals surface area contributed by atoms with Gasteiger partial charge in [-0.1, -0.05) is 6.92 Å². The number of hydrogen-bond donors (Lipinski definition) is 1. The summed E-state index contributed by atoms with van der Waals surface area (Å²) in [5.41, 5.74) is -1.18. The zero-order valence-electron chi connectivity index (χ0n) is 10.6. The van der Waals surface area contributed by atoms with E-state index in [1.54, 1.807) is 6.92 Å². The number of carboxylic acids is 1. The average Bonchev–Trinajstić information content (AvgIpc) is 2.36. The van der Waals surface area contributed by atoms with Crippen LogP contribution in [0.2, 0.25) is 0 Å². The quantitative estimate of drug-likeness (QED) is 0.900. The third-order valence-electron chi connectivity index (χ3n) is 2.42. The first-order chi connectivity index (χ1) is 9.25. The minimum absolute atomic E-state index is 0.188. The number of aromatic nitrogens is 1. The molecule has 5 nitrogen and oxygen atoms in total. The second-order valence-corrected chi connectivity index (χ2v) is 4.05. The Labute approximate surface area is 113 Å². The summed E-state index contributed by atoms with van der Waals surface area (Å²) in [4.78, 5) is 27.1. The van der Waals surface area contributed by atoms with Crippen LogP contribution >= 0.6 is 0 Å². The summed E-state index contributed by atoms with van der Waals surface area (Å²) in [6.45, 7) is 1.42. The highest BCUT2D eigenvalue weighted by molar-refractivity contribution is 5.94. The van der Waals surface area contributed by atoms with Gasteiger partial charge < -0.3 is 10.0 Å². The maximum Gasteiger partial charge on any atom is 0.417 e. The lowest BCUT2D eigenvalue weighted by Gasteiger charge is -2.19. The Balaban J connectivity index is 2.92. The number of nitrogens with zero attached hydrogens (tertiary/aromatic N) is 2. The van der Waals surface area contributed by atoms with E-state index in [4.69, 9.17) is 5.11 Å². The number of rotatable bonds is 5. The van der Waals surface area contributed by atoms with Crippen LogP contribution < -0.4 is 0 Å². The molecule has 0 aliphatic carbocycles. The van der Waals surface area contributed by atoms with Gasteiger partial charge in [0.25, 0.3) is 5.91 Å². The number of halogens is 3. The molecule has 0 bridgehead atoms. The Morgan fingerprint density at radius 2 is 2.00 bits per heavy atom. The minimum atomic E-state index is -4.53. The molecule has 0 spiro atoms. The van der Waals surface area contributed by atoms with Gasteiger partial charge in [-0.3, -0.25) is 14.6 Å². The molecule has 0 fully saturated rings. The van der Waals surface area contributed by atoms with E-state index in [-0.39, 0.29) is 12.2 Å². The molecular weight excluding hydrogens is 277 g/mol. The molecule has 20 heavy (non-hydrogen) atoms. The van der Waals surface area contributed by atoms with E-state index in [0.717, 1.165) is 17.0 Å². The summed E-state index contributed by atoms with van der Waals surface area (Å²) < 4.78 is 37.1. The summed E-state index contributed by atoms with van der Waals surface area (Å²) in [7, 11) is 0. The first kappa shape index (κ1) is 15.9. The van der Waals surface area contributed by atoms with Gasteiger partial charge in [-0.15, -0.1) is 0 Å². The molecule has 110 valence electrons. The van der Waals surface area contributed by atoms with Crippen LogP contribution in [-0.4, -0.2) is 40.0 Å². The van der Waals surface area contributed by atoms with Crippen LogP contribution in [0, 0.1) is 0 Å². The van der Waals surface area contributed by atoms with Crippen LogP contribution in [0.15, 0.2) is 18.3 Å². The predicted octanol–water partition coefficient (Wildman–Crippen LogP) is 2.04. The third-order valence-corrected chi connectivity index (χ3v) is 2.42. The normalized spacial score (nSPS) is 11.2. The number of aliphatic carboxylic acids is 1. The summed E-state index contributed by atoms with van der Waals surface area (Å²) in [6, 6.07) is 1.68. The van der Waals surface area contributed by atoms with Crippen molar-refractivity contribution >= 4 is 11.9 Å². The highest BCUT2D eigenvalue weighted by atomic mass is 19.4. The van der Waals surface area contributed by atoms with E-state index in [2.05, 4.69) is 4.98 Å². The van der Waals surface area contributed by atoms with Gasteiger partial charge in [0.05, 0.1) is 5.56 Å². The lowest BCUT2D eigenvalue weighted by atomic mass is 10.2. The number of carboxylic acid groups (broad SMARTS) is 1. The van der Waals surface area contributed by atoms with Crippen LogP contribution in [-0.2, 0) is 11.0 Å². The van der Waals surface area contributed by atoms with E-state index in [1.165, 1.54) is 0 Å². The summed E-state index contributed by atoms with van der Waals surface area (Å²) in [6.07, 6.45) is -3.45. The second kappa shape index (κ2) is 6.36. The Morgan fingerprint density at radius 1 is 1.35 bits per heavy atom. The van der Waals surface area contributed by atoms with Gasteiger partial charge >= 0.3 is 12.1 Å². The first-order valence-corrected chi connectivity index (χ1v) is 5.80. The molecule has 1 aromatic heterocycles. The van der Waals surface area contributed by atoms with Gasteiger partial charge in [0.2, 0.25) is 0 Å². The fraction of sp³-hybridized carbons (Fsp3) is 0.417. The van der Waals surface area contributed by atoms with Crippen molar-refractivity contribution in [3.63, 3.8) is 0 Å². The highest BCUT2D eigenvalue weighted by Gasteiger charge is 2.31. The standard InChI is InChI=1S/C12H13F3N2O3/c1-2-5-17(7-10(18)19)11(20)9-4-3-8(6-16-9)12(13,14)15/h3-4,6H,2,5,7H2,1H3,(H,18,19). The van der Waals surface area contributed by atoms with Crippen molar-refractivity contribution in [1.29, 1.82) is 0 Å². The Morgan fingerprint density at radius 3 is 2.40 bits per heavy atom. The van der Waals surface area contributed by atoms with Gasteiger partial charge in [-0.25, -0.2) is 0 Å². The summed E-state index contributed by atoms with van der Waals surface area (Å²) in [5, 5.41) is 8.69. The number of carbonyl (C=O) groups is 2. The number of alkyl halides is 3. The van der Waals surface area contributed by atoms with Crippen molar-refractivity contribution in [2.75, 3.05) is 13.1 Å². The predicted molar refractivity (Wildman–Crippen MR) is 63.1 cm³/mol. The SMILES string of the molecule is CCCN(CC(=O)O)C(=O)c1ccc(C(F)(F)F)cn1. The molecule has 0 aromatic carbocycles. The summed E-state index contributed by atoms with van der Waals surface area (Å²) >= 11 is 0. The highest BCUT2D eigenvalue weighted by Crippen LogP contribution is 2.28. The van der Waals surface area contributed by atoms with Crippen LogP contribution in [0.25, 0.3) is 0 Å². The van der Waals surface area contributed by atoms with Crippen LogP contribution in [0.4, 0.5) is 13.2 Å². The van der Waals surface area contributed by atoms with E-state index in [0.29, 0.717) is 12.6 Å². The Kier molecular flexibility index (Phi) is 5.06. The molecule has 0 atom stereocenters. The Hall–Kier alpha value is -2.12. The zero-order valence-corrected chi connectivity index (χ0v) is 10.6. The molecule has 1 rings (SSSR count). The van der Waals surface area contributed by atoms with Gasteiger partial charge in [0.1, 0.15) is 12.2 Å². The van der Waals surface area contributed by atoms with E-state index in [1.807, 2.05) is 0 Å². The van der Waals surface area contributed by atoms with Crippen molar-refractivity contribution in [3.8, 4) is 0 Å². The molecule has 0 saturated heterocycles. The second-order valence-electron chi connectivity index (χ2n) is 4.05. The fourth-order valence-corrected chi connectivity index (χ4v) is 1.54. The number of amides is 1. The average molecular weight is 290 g/mol. The maximum absolute atomic E-state index is 12.4. The van der Waals surface area contributed by atoms with Crippen molar-refractivity contribution in [1.82, 2.24) is 9.88 Å². The van der Waals surface area contributed by atoms with Crippen molar-refractivity contribution in [3.05, 3.63) is 29.6 Å². The Bertz CT molecular complexity index is 486. The molecule has 0 unspecified atom stereocenters. The molecule has 1 aromatic rings. The van der Waals surface area contributed by atoms with Gasteiger partial charge in [0.15, 0.2) is 0 Å². The van der Waals surface area contributed by atoms with Gasteiger partial charge in [0, 0.05) is 12.7 Å². The van der Waals surface area contributed by atoms with Crippen molar-refractivity contribution < 1.29 is 27.9 Å². The van der Waals surface area contributed by atoms with Crippen molar-refractivity contribution in [2.24, 2.45) is 0 Å². The van der Waals surface area contributed by atoms with Crippen LogP contribution in [0.1, 0.15) is 29.4 Å². The van der Waals surface area contributed by atoms with Crippen molar-refractivity contribution in [2.45, 2.75) is 19.5 Å². The van der Waals surface area contributed by atoms with Crippen LogP contribution in [0.3, 0.4) is 0 Å². The lowest BCUT2D eigenvalue weighted by Crippen LogP contribution is -2.36. The largest absolute Gasteiger partial charge is 0.480 e. The molecule has 0 saturated carbocycles. The number of hydrogen-bond acceptors (Lipinski definition) is 3. The third kappa shape index (κ3) is 4.22. The smallest absolute Gasteiger partial charge is 0.417 e. The molecule has 1 N–H and O–H groups in total. The van der Waals surface area contributed by atoms with Gasteiger partial charge in [-0.2, -0.15) is 13.2 Å². The molecule has 1 amide bonds. The topological polar surface area (TPSA) is 70.5 Å². The van der Waals surface area contributed by atoms with Gasteiger partial charge in [-0.05, 0) is 18.6 Å². The number of carbonyl (C=O) groups excluding carboxylic acids is 1.